The van der Waals surface area contributed by atoms with Gasteiger partial charge in [0.1, 0.15) is 17.6 Å². The van der Waals surface area contributed by atoms with Gasteiger partial charge in [0.2, 0.25) is 0 Å². The summed E-state index contributed by atoms with van der Waals surface area (Å²) >= 11 is 0. The highest BCUT2D eigenvalue weighted by atomic mass is 16.5. The van der Waals surface area contributed by atoms with Crippen LogP contribution in [0.15, 0.2) is 18.2 Å². The van der Waals surface area contributed by atoms with E-state index in [4.69, 9.17) is 9.47 Å². The molecular formula is C12H16O6. The third-order valence-electron chi connectivity index (χ3n) is 2.50. The molecule has 0 aliphatic carbocycles. The maximum absolute atomic E-state index is 11.2. The largest absolute Gasteiger partial charge is 0.497 e. The molecule has 2 unspecified atom stereocenters. The summed E-state index contributed by atoms with van der Waals surface area (Å²) < 4.78 is 14.4. The Labute approximate surface area is 105 Å². The zero-order valence-electron chi connectivity index (χ0n) is 10.4. The molecule has 0 spiro atoms. The topological polar surface area (TPSA) is 85.2 Å². The van der Waals surface area contributed by atoms with Gasteiger partial charge in [0, 0.05) is 5.56 Å². The van der Waals surface area contributed by atoms with Crippen molar-refractivity contribution in [3.63, 3.8) is 0 Å². The van der Waals surface area contributed by atoms with Crippen LogP contribution < -0.4 is 9.47 Å². The van der Waals surface area contributed by atoms with Crippen molar-refractivity contribution in [1.29, 1.82) is 0 Å². The lowest BCUT2D eigenvalue weighted by molar-refractivity contribution is -0.156. The minimum Gasteiger partial charge on any atom is -0.497 e. The van der Waals surface area contributed by atoms with Gasteiger partial charge in [-0.05, 0) is 18.2 Å². The van der Waals surface area contributed by atoms with Gasteiger partial charge >= 0.3 is 5.97 Å². The van der Waals surface area contributed by atoms with E-state index in [1.807, 2.05) is 0 Å². The third-order valence-corrected chi connectivity index (χ3v) is 2.50. The number of methoxy groups -OCH3 is 3. The number of aliphatic hydroxyl groups excluding tert-OH is 2. The normalized spacial score (nSPS) is 13.6. The van der Waals surface area contributed by atoms with Crippen LogP contribution in [0.4, 0.5) is 0 Å². The van der Waals surface area contributed by atoms with Gasteiger partial charge in [-0.2, -0.15) is 0 Å². The summed E-state index contributed by atoms with van der Waals surface area (Å²) in [6.07, 6.45) is -3.14. The molecule has 0 fully saturated rings. The molecule has 2 N–H and O–H groups in total. The summed E-state index contributed by atoms with van der Waals surface area (Å²) in [5, 5.41) is 19.5. The lowest BCUT2D eigenvalue weighted by atomic mass is 10.0. The highest BCUT2D eigenvalue weighted by Crippen LogP contribution is 2.31. The van der Waals surface area contributed by atoms with Gasteiger partial charge in [-0.15, -0.1) is 0 Å². The summed E-state index contributed by atoms with van der Waals surface area (Å²) in [5.74, 6) is -0.111. The van der Waals surface area contributed by atoms with Gasteiger partial charge in [0.05, 0.1) is 21.3 Å². The maximum atomic E-state index is 11.2. The molecule has 0 aliphatic heterocycles. The molecule has 18 heavy (non-hydrogen) atoms. The number of rotatable bonds is 5. The van der Waals surface area contributed by atoms with E-state index in [-0.39, 0.29) is 5.56 Å². The number of aliphatic hydroxyl groups is 2. The van der Waals surface area contributed by atoms with E-state index >= 15 is 0 Å². The van der Waals surface area contributed by atoms with Crippen LogP contribution in [0.2, 0.25) is 0 Å². The Morgan fingerprint density at radius 3 is 2.33 bits per heavy atom. The molecular weight excluding hydrogens is 240 g/mol. The van der Waals surface area contributed by atoms with Crippen LogP contribution in [0, 0.1) is 0 Å². The Balaban J connectivity index is 3.09. The fourth-order valence-electron chi connectivity index (χ4n) is 1.49. The Kier molecular flexibility index (Phi) is 4.94. The van der Waals surface area contributed by atoms with Crippen molar-refractivity contribution < 1.29 is 29.2 Å². The van der Waals surface area contributed by atoms with E-state index in [2.05, 4.69) is 4.74 Å². The predicted molar refractivity (Wildman–Crippen MR) is 62.5 cm³/mol. The molecule has 0 saturated heterocycles. The minimum atomic E-state index is -1.68. The fourth-order valence-corrected chi connectivity index (χ4v) is 1.49. The van der Waals surface area contributed by atoms with E-state index in [1.165, 1.54) is 20.3 Å². The minimum absolute atomic E-state index is 0.245. The quantitative estimate of drug-likeness (QED) is 0.736. The van der Waals surface area contributed by atoms with Crippen LogP contribution in [-0.4, -0.2) is 43.6 Å². The van der Waals surface area contributed by atoms with Gasteiger partial charge < -0.3 is 24.4 Å². The summed E-state index contributed by atoms with van der Waals surface area (Å²) in [6.45, 7) is 0. The highest BCUT2D eigenvalue weighted by Gasteiger charge is 2.29. The molecule has 6 nitrogen and oxygen atoms in total. The van der Waals surface area contributed by atoms with Gasteiger partial charge in [0.15, 0.2) is 6.10 Å². The van der Waals surface area contributed by atoms with Crippen LogP contribution in [0.1, 0.15) is 11.7 Å². The molecule has 0 aromatic heterocycles. The van der Waals surface area contributed by atoms with Crippen molar-refractivity contribution in [2.24, 2.45) is 0 Å². The molecule has 1 aromatic carbocycles. The lowest BCUT2D eigenvalue weighted by Gasteiger charge is -2.19. The first-order chi connectivity index (χ1) is 8.54. The average molecular weight is 256 g/mol. The highest BCUT2D eigenvalue weighted by molar-refractivity contribution is 5.75. The molecule has 0 radical (unpaired) electrons. The number of ether oxygens (including phenoxy) is 3. The summed E-state index contributed by atoms with van der Waals surface area (Å²) in [5.41, 5.74) is 0.245. The first-order valence-corrected chi connectivity index (χ1v) is 5.21. The zero-order chi connectivity index (χ0) is 13.7. The van der Waals surface area contributed by atoms with Crippen LogP contribution in [0.5, 0.6) is 11.5 Å². The number of carbonyl (C=O) groups is 1. The molecule has 1 aromatic rings. The summed E-state index contributed by atoms with van der Waals surface area (Å²) in [4.78, 5) is 11.2. The number of benzene rings is 1. The Morgan fingerprint density at radius 2 is 1.83 bits per heavy atom. The lowest BCUT2D eigenvalue weighted by Crippen LogP contribution is -2.29. The van der Waals surface area contributed by atoms with Crippen LogP contribution in [0.3, 0.4) is 0 Å². The monoisotopic (exact) mass is 256 g/mol. The zero-order valence-corrected chi connectivity index (χ0v) is 10.4. The third kappa shape index (κ3) is 2.91. The van der Waals surface area contributed by atoms with Gasteiger partial charge in [-0.3, -0.25) is 0 Å². The molecule has 0 amide bonds. The molecule has 0 aliphatic rings. The van der Waals surface area contributed by atoms with Crippen molar-refractivity contribution >= 4 is 5.97 Å². The first kappa shape index (κ1) is 14.3. The van der Waals surface area contributed by atoms with E-state index in [1.54, 1.807) is 12.1 Å². The Bertz CT molecular complexity index is 417. The van der Waals surface area contributed by atoms with Crippen LogP contribution in [0.25, 0.3) is 0 Å². The standard InChI is InChI=1S/C12H16O6/c1-16-7-4-5-9(17-2)8(6-7)10(13)11(14)12(15)18-3/h4-6,10-11,13-14H,1-3H3. The Hall–Kier alpha value is -1.79. The van der Waals surface area contributed by atoms with E-state index in [0.29, 0.717) is 11.5 Å². The second-order valence-corrected chi connectivity index (χ2v) is 3.52. The maximum Gasteiger partial charge on any atom is 0.337 e. The van der Waals surface area contributed by atoms with Crippen molar-refractivity contribution in [3.05, 3.63) is 23.8 Å². The van der Waals surface area contributed by atoms with E-state index < -0.39 is 18.2 Å². The molecule has 1 rings (SSSR count). The van der Waals surface area contributed by atoms with Crippen molar-refractivity contribution in [2.75, 3.05) is 21.3 Å². The molecule has 2 atom stereocenters. The SMILES string of the molecule is COC(=O)C(O)C(O)c1cc(OC)ccc1OC. The fraction of sp³-hybridized carbons (Fsp3) is 0.417. The van der Waals surface area contributed by atoms with Crippen LogP contribution >= 0.6 is 0 Å². The first-order valence-electron chi connectivity index (χ1n) is 5.21. The van der Waals surface area contributed by atoms with Crippen molar-refractivity contribution in [3.8, 4) is 11.5 Å². The van der Waals surface area contributed by atoms with E-state index in [0.717, 1.165) is 7.11 Å². The number of esters is 1. The molecule has 0 heterocycles. The predicted octanol–water partition coefficient (Wildman–Crippen LogP) is 0.271. The summed E-state index contributed by atoms with van der Waals surface area (Å²) in [6, 6.07) is 4.69. The average Bonchev–Trinajstić information content (AvgIpc) is 2.43. The molecule has 0 bridgehead atoms. The smallest absolute Gasteiger partial charge is 0.337 e. The second-order valence-electron chi connectivity index (χ2n) is 3.52. The van der Waals surface area contributed by atoms with Gasteiger partial charge in [-0.1, -0.05) is 0 Å². The summed E-state index contributed by atoms with van der Waals surface area (Å²) in [7, 11) is 4.01. The molecule has 6 heteroatoms. The van der Waals surface area contributed by atoms with Gasteiger partial charge in [-0.25, -0.2) is 4.79 Å². The number of carbonyl (C=O) groups excluding carboxylic acids is 1. The second kappa shape index (κ2) is 6.23. The number of hydrogen-bond donors (Lipinski definition) is 2. The Morgan fingerprint density at radius 1 is 1.17 bits per heavy atom. The van der Waals surface area contributed by atoms with E-state index in [9.17, 15) is 15.0 Å². The van der Waals surface area contributed by atoms with Gasteiger partial charge in [0.25, 0.3) is 0 Å². The molecule has 0 saturated carbocycles. The molecule has 100 valence electrons. The van der Waals surface area contributed by atoms with Crippen LogP contribution in [-0.2, 0) is 9.53 Å². The van der Waals surface area contributed by atoms with Crippen molar-refractivity contribution in [2.45, 2.75) is 12.2 Å². The number of hydrogen-bond acceptors (Lipinski definition) is 6. The van der Waals surface area contributed by atoms with Crippen molar-refractivity contribution in [1.82, 2.24) is 0 Å².